The Balaban J connectivity index is 1.88. The Morgan fingerprint density at radius 3 is 2.32 bits per heavy atom. The molecule has 25 heavy (non-hydrogen) atoms. The average molecular weight is 351 g/mol. The molecule has 1 fully saturated rings. The van der Waals surface area contributed by atoms with Gasteiger partial charge in [0.25, 0.3) is 0 Å². The summed E-state index contributed by atoms with van der Waals surface area (Å²) in [4.78, 5) is 25.8. The van der Waals surface area contributed by atoms with Crippen LogP contribution in [0.25, 0.3) is 0 Å². The van der Waals surface area contributed by atoms with Gasteiger partial charge in [0.2, 0.25) is 0 Å². The molecule has 1 aliphatic heterocycles. The quantitative estimate of drug-likeness (QED) is 0.816. The standard InChI is InChI=1S/C18H29N3O4/c1-17(2,3)24-15(22)20-8-7-13(11-20)9-14-10-19-21(12-14)16(23)25-18(4,5)6/h10,12-13H,7-9,11H2,1-6H3. The highest BCUT2D eigenvalue weighted by Gasteiger charge is 2.30. The van der Waals surface area contributed by atoms with Crippen molar-refractivity contribution in [3.63, 3.8) is 0 Å². The molecule has 7 heteroatoms. The minimum absolute atomic E-state index is 0.264. The number of rotatable bonds is 2. The van der Waals surface area contributed by atoms with Crippen molar-refractivity contribution in [2.45, 2.75) is 65.6 Å². The molecule has 1 amide bonds. The number of ether oxygens (including phenoxy) is 2. The van der Waals surface area contributed by atoms with Crippen LogP contribution in [0.2, 0.25) is 0 Å². The van der Waals surface area contributed by atoms with Gasteiger partial charge in [0.05, 0.1) is 6.20 Å². The third kappa shape index (κ3) is 6.07. The normalized spacial score (nSPS) is 18.3. The van der Waals surface area contributed by atoms with Crippen LogP contribution in [0.4, 0.5) is 9.59 Å². The van der Waals surface area contributed by atoms with Crippen molar-refractivity contribution in [1.82, 2.24) is 14.7 Å². The maximum Gasteiger partial charge on any atom is 0.435 e. The Labute approximate surface area is 149 Å². The van der Waals surface area contributed by atoms with Crippen molar-refractivity contribution < 1.29 is 19.1 Å². The summed E-state index contributed by atoms with van der Waals surface area (Å²) < 4.78 is 11.9. The Morgan fingerprint density at radius 2 is 1.72 bits per heavy atom. The smallest absolute Gasteiger partial charge is 0.435 e. The SMILES string of the molecule is CC(C)(C)OC(=O)N1CCC(Cc2cnn(C(=O)OC(C)(C)C)c2)C1. The molecule has 0 bridgehead atoms. The predicted octanol–water partition coefficient (Wildman–Crippen LogP) is 3.47. The molecule has 1 aromatic rings. The van der Waals surface area contributed by atoms with E-state index in [9.17, 15) is 9.59 Å². The van der Waals surface area contributed by atoms with Gasteiger partial charge in [0.1, 0.15) is 11.2 Å². The lowest BCUT2D eigenvalue weighted by Gasteiger charge is -2.24. The molecule has 140 valence electrons. The van der Waals surface area contributed by atoms with Crippen LogP contribution < -0.4 is 0 Å². The van der Waals surface area contributed by atoms with Gasteiger partial charge in [-0.3, -0.25) is 0 Å². The summed E-state index contributed by atoms with van der Waals surface area (Å²) >= 11 is 0. The number of carbonyl (C=O) groups is 2. The van der Waals surface area contributed by atoms with Gasteiger partial charge in [-0.05, 0) is 65.9 Å². The highest BCUT2D eigenvalue weighted by atomic mass is 16.6. The van der Waals surface area contributed by atoms with Crippen LogP contribution in [-0.4, -0.2) is 51.2 Å². The molecule has 2 heterocycles. The number of hydrogen-bond donors (Lipinski definition) is 0. The first kappa shape index (κ1) is 19.3. The minimum Gasteiger partial charge on any atom is -0.444 e. The van der Waals surface area contributed by atoms with Gasteiger partial charge in [-0.1, -0.05) is 0 Å². The van der Waals surface area contributed by atoms with Gasteiger partial charge in [-0.25, -0.2) is 9.59 Å². The molecular weight excluding hydrogens is 322 g/mol. The molecule has 2 rings (SSSR count). The molecule has 1 saturated heterocycles. The summed E-state index contributed by atoms with van der Waals surface area (Å²) in [7, 11) is 0. The third-order valence-electron chi connectivity index (χ3n) is 3.68. The van der Waals surface area contributed by atoms with Crippen LogP contribution in [0.15, 0.2) is 12.4 Å². The van der Waals surface area contributed by atoms with Crippen molar-refractivity contribution in [2.75, 3.05) is 13.1 Å². The highest BCUT2D eigenvalue weighted by molar-refractivity contribution is 5.70. The fourth-order valence-electron chi connectivity index (χ4n) is 2.70. The molecule has 0 aliphatic carbocycles. The molecule has 1 aliphatic rings. The lowest BCUT2D eigenvalue weighted by molar-refractivity contribution is 0.0288. The lowest BCUT2D eigenvalue weighted by atomic mass is 10.0. The van der Waals surface area contributed by atoms with Crippen LogP contribution in [0.1, 0.15) is 53.5 Å². The van der Waals surface area contributed by atoms with E-state index in [2.05, 4.69) is 5.10 Å². The van der Waals surface area contributed by atoms with Crippen LogP contribution in [0, 0.1) is 5.92 Å². The Kier molecular flexibility index (Phi) is 5.44. The van der Waals surface area contributed by atoms with Crippen molar-refractivity contribution in [2.24, 2.45) is 5.92 Å². The molecule has 0 aromatic carbocycles. The van der Waals surface area contributed by atoms with Gasteiger partial charge >= 0.3 is 12.2 Å². The Bertz CT molecular complexity index is 625. The summed E-state index contributed by atoms with van der Waals surface area (Å²) in [5, 5.41) is 4.08. The molecule has 7 nitrogen and oxygen atoms in total. The zero-order valence-electron chi connectivity index (χ0n) is 16.0. The molecule has 0 N–H and O–H groups in total. The summed E-state index contributed by atoms with van der Waals surface area (Å²) in [6, 6.07) is 0. The first-order valence-corrected chi connectivity index (χ1v) is 8.68. The molecule has 1 unspecified atom stereocenters. The number of likely N-dealkylation sites (tertiary alicyclic amines) is 1. The van der Waals surface area contributed by atoms with Crippen molar-refractivity contribution in [3.05, 3.63) is 18.0 Å². The van der Waals surface area contributed by atoms with Gasteiger partial charge in [-0.15, -0.1) is 0 Å². The fourth-order valence-corrected chi connectivity index (χ4v) is 2.70. The van der Waals surface area contributed by atoms with Gasteiger partial charge in [-0.2, -0.15) is 9.78 Å². The van der Waals surface area contributed by atoms with E-state index in [1.807, 2.05) is 41.5 Å². The second kappa shape index (κ2) is 7.06. The van der Waals surface area contributed by atoms with Crippen LogP contribution in [-0.2, 0) is 15.9 Å². The third-order valence-corrected chi connectivity index (χ3v) is 3.68. The van der Waals surface area contributed by atoms with E-state index in [0.29, 0.717) is 19.0 Å². The first-order chi connectivity index (χ1) is 11.4. The van der Waals surface area contributed by atoms with Crippen molar-refractivity contribution in [1.29, 1.82) is 0 Å². The zero-order chi connectivity index (χ0) is 18.8. The summed E-state index contributed by atoms with van der Waals surface area (Å²) in [6.45, 7) is 12.4. The minimum atomic E-state index is -0.553. The molecular formula is C18H29N3O4. The van der Waals surface area contributed by atoms with E-state index in [4.69, 9.17) is 9.47 Å². The topological polar surface area (TPSA) is 73.7 Å². The molecule has 0 saturated carbocycles. The number of aromatic nitrogens is 2. The van der Waals surface area contributed by atoms with E-state index >= 15 is 0 Å². The zero-order valence-corrected chi connectivity index (χ0v) is 16.0. The van der Waals surface area contributed by atoms with Gasteiger partial charge in [0.15, 0.2) is 0 Å². The van der Waals surface area contributed by atoms with Crippen molar-refractivity contribution >= 4 is 12.2 Å². The molecule has 1 atom stereocenters. The maximum atomic E-state index is 12.1. The maximum absolute atomic E-state index is 12.1. The van der Waals surface area contributed by atoms with Crippen LogP contribution in [0.3, 0.4) is 0 Å². The summed E-state index contributed by atoms with van der Waals surface area (Å²) in [5.41, 5.74) is -0.0753. The monoisotopic (exact) mass is 351 g/mol. The predicted molar refractivity (Wildman–Crippen MR) is 93.5 cm³/mol. The Morgan fingerprint density at radius 1 is 1.12 bits per heavy atom. The van der Waals surface area contributed by atoms with Crippen LogP contribution >= 0.6 is 0 Å². The van der Waals surface area contributed by atoms with Crippen LogP contribution in [0.5, 0.6) is 0 Å². The number of hydrogen-bond acceptors (Lipinski definition) is 5. The average Bonchev–Trinajstić information content (AvgIpc) is 3.04. The van der Waals surface area contributed by atoms with E-state index in [0.717, 1.165) is 18.4 Å². The van der Waals surface area contributed by atoms with E-state index < -0.39 is 17.3 Å². The van der Waals surface area contributed by atoms with Gasteiger partial charge in [0, 0.05) is 19.3 Å². The summed E-state index contributed by atoms with van der Waals surface area (Å²) in [5.74, 6) is 0.337. The largest absolute Gasteiger partial charge is 0.444 e. The summed E-state index contributed by atoms with van der Waals surface area (Å²) in [6.07, 6.45) is 4.31. The molecule has 0 spiro atoms. The number of amides is 1. The van der Waals surface area contributed by atoms with E-state index in [1.54, 1.807) is 17.3 Å². The lowest BCUT2D eigenvalue weighted by Crippen LogP contribution is -2.35. The second-order valence-corrected chi connectivity index (χ2v) is 8.56. The molecule has 0 radical (unpaired) electrons. The van der Waals surface area contributed by atoms with Gasteiger partial charge < -0.3 is 14.4 Å². The van der Waals surface area contributed by atoms with Crippen molar-refractivity contribution in [3.8, 4) is 0 Å². The fraction of sp³-hybridized carbons (Fsp3) is 0.722. The van der Waals surface area contributed by atoms with E-state index in [1.165, 1.54) is 4.68 Å². The number of carbonyl (C=O) groups excluding carboxylic acids is 2. The van der Waals surface area contributed by atoms with E-state index in [-0.39, 0.29) is 6.09 Å². The second-order valence-electron chi connectivity index (χ2n) is 8.56. The number of nitrogens with zero attached hydrogens (tertiary/aromatic N) is 3. The molecule has 1 aromatic heterocycles. The Hall–Kier alpha value is -2.05. The first-order valence-electron chi connectivity index (χ1n) is 8.68. The highest BCUT2D eigenvalue weighted by Crippen LogP contribution is 2.23.